The number of aromatic nitrogens is 4. The Hall–Kier alpha value is -3.43. The van der Waals surface area contributed by atoms with Gasteiger partial charge in [-0.05, 0) is 129 Å². The van der Waals surface area contributed by atoms with Crippen molar-refractivity contribution in [1.29, 1.82) is 0 Å². The van der Waals surface area contributed by atoms with Crippen LogP contribution in [0.4, 0.5) is 0 Å². The highest BCUT2D eigenvalue weighted by Gasteiger charge is 2.66. The normalized spacial score (nSPS) is 37.3. The van der Waals surface area contributed by atoms with Gasteiger partial charge in [-0.1, -0.05) is 34.6 Å². The first kappa shape index (κ1) is 34.0. The van der Waals surface area contributed by atoms with Crippen molar-refractivity contribution < 1.29 is 28.6 Å². The predicted molar refractivity (Wildman–Crippen MR) is 181 cm³/mol. The van der Waals surface area contributed by atoms with Crippen molar-refractivity contribution in [3.05, 3.63) is 35.5 Å². The Bertz CT molecular complexity index is 1680. The summed E-state index contributed by atoms with van der Waals surface area (Å²) in [4.78, 5) is 47.1. The molecule has 10 nitrogen and oxygen atoms in total. The van der Waals surface area contributed by atoms with Crippen molar-refractivity contribution in [2.75, 3.05) is 0 Å². The van der Waals surface area contributed by atoms with E-state index < -0.39 is 22.8 Å². The molecule has 0 aromatic carbocycles. The van der Waals surface area contributed by atoms with Gasteiger partial charge in [0.2, 0.25) is 11.7 Å². The summed E-state index contributed by atoms with van der Waals surface area (Å²) in [5, 5.41) is 18.5. The predicted octanol–water partition coefficient (Wildman–Crippen LogP) is 7.39. The topological polar surface area (TPSA) is 145 Å². The van der Waals surface area contributed by atoms with E-state index in [4.69, 9.17) is 9.15 Å². The number of esters is 1. The monoisotopic (exact) mass is 672 g/mol. The molecule has 2 aromatic rings. The van der Waals surface area contributed by atoms with E-state index in [9.17, 15) is 19.5 Å². The number of carbonyl (C=O) groups is 3. The van der Waals surface area contributed by atoms with Crippen LogP contribution in [0.2, 0.25) is 0 Å². The molecule has 10 heteroatoms. The minimum absolute atomic E-state index is 0.113. The Kier molecular flexibility index (Phi) is 8.22. The Morgan fingerprint density at radius 1 is 1.00 bits per heavy atom. The fraction of sp³-hybridized carbons (Fsp3) is 0.718. The standard InChI is InChI=1S/C39H52N4O6/c1-21(2)30-26(44)19-39(34-43-42-33(49-34)32-40-17-8-18-41-32)16-12-25-23(31(30)39)9-10-28-37(6)15-13-27(22(3)24(37)11-14-38(25,28)7)48-29(45)20-36(4,5)35(46)47/h8,17-18,21-25,27-28H,9-16,19-20H2,1-7H3,(H,46,47). The van der Waals surface area contributed by atoms with Crippen LogP contribution >= 0.6 is 0 Å². The summed E-state index contributed by atoms with van der Waals surface area (Å²) in [6, 6.07) is 1.75. The van der Waals surface area contributed by atoms with Crippen LogP contribution in [0, 0.1) is 51.8 Å². The van der Waals surface area contributed by atoms with Gasteiger partial charge < -0.3 is 14.3 Å². The summed E-state index contributed by atoms with van der Waals surface area (Å²) in [6.07, 6.45) is 11.3. The molecule has 2 heterocycles. The molecule has 7 rings (SSSR count). The largest absolute Gasteiger partial charge is 0.481 e. The van der Waals surface area contributed by atoms with Crippen LogP contribution in [-0.2, 0) is 24.5 Å². The molecular formula is C39H52N4O6. The fourth-order valence-electron chi connectivity index (χ4n) is 11.9. The van der Waals surface area contributed by atoms with E-state index in [2.05, 4.69) is 54.8 Å². The van der Waals surface area contributed by atoms with Gasteiger partial charge in [-0.3, -0.25) is 14.4 Å². The van der Waals surface area contributed by atoms with Gasteiger partial charge in [0.05, 0.1) is 17.3 Å². The lowest BCUT2D eigenvalue weighted by molar-refractivity contribution is -0.191. The number of carboxylic acid groups (broad SMARTS) is 1. The zero-order chi connectivity index (χ0) is 35.1. The third-order valence-electron chi connectivity index (χ3n) is 14.2. The zero-order valence-electron chi connectivity index (χ0n) is 30.1. The average Bonchev–Trinajstić information content (AvgIpc) is 3.66. The van der Waals surface area contributed by atoms with Crippen LogP contribution in [0.3, 0.4) is 0 Å². The second kappa shape index (κ2) is 11.8. The van der Waals surface area contributed by atoms with Crippen molar-refractivity contribution in [2.24, 2.45) is 51.8 Å². The first-order valence-corrected chi connectivity index (χ1v) is 18.4. The van der Waals surface area contributed by atoms with Gasteiger partial charge in [-0.25, -0.2) is 9.97 Å². The van der Waals surface area contributed by atoms with Gasteiger partial charge in [0.1, 0.15) is 6.10 Å². The Morgan fingerprint density at radius 2 is 1.67 bits per heavy atom. The van der Waals surface area contributed by atoms with Crippen molar-refractivity contribution >= 4 is 17.7 Å². The number of Topliss-reactive ketones (excluding diaryl/α,β-unsaturated/α-hetero) is 1. The zero-order valence-corrected chi connectivity index (χ0v) is 30.1. The number of ether oxygens (including phenoxy) is 1. The number of carbonyl (C=O) groups excluding carboxylic acids is 2. The summed E-state index contributed by atoms with van der Waals surface area (Å²) >= 11 is 0. The van der Waals surface area contributed by atoms with Crippen LogP contribution in [0.5, 0.6) is 0 Å². The average molecular weight is 673 g/mol. The van der Waals surface area contributed by atoms with Crippen molar-refractivity contribution in [1.82, 2.24) is 20.2 Å². The molecule has 0 aliphatic heterocycles. The number of carboxylic acids is 1. The van der Waals surface area contributed by atoms with Crippen LogP contribution in [0.25, 0.3) is 11.7 Å². The first-order valence-electron chi connectivity index (χ1n) is 18.4. The van der Waals surface area contributed by atoms with Crippen molar-refractivity contribution in [3.63, 3.8) is 0 Å². The Balaban J connectivity index is 1.16. The summed E-state index contributed by atoms with van der Waals surface area (Å²) in [5.74, 6) is 2.06. The summed E-state index contributed by atoms with van der Waals surface area (Å²) in [6.45, 7) is 14.7. The Morgan fingerprint density at radius 3 is 2.37 bits per heavy atom. The molecule has 4 saturated carbocycles. The highest BCUT2D eigenvalue weighted by molar-refractivity contribution is 6.01. The quantitative estimate of drug-likeness (QED) is 0.296. The number of hydrogen-bond donors (Lipinski definition) is 1. The summed E-state index contributed by atoms with van der Waals surface area (Å²) in [7, 11) is 0. The second-order valence-electron chi connectivity index (χ2n) is 17.5. The molecule has 9 atom stereocenters. The highest BCUT2D eigenvalue weighted by Crippen LogP contribution is 2.71. The van der Waals surface area contributed by atoms with E-state index >= 15 is 0 Å². The molecule has 0 amide bonds. The summed E-state index contributed by atoms with van der Waals surface area (Å²) < 4.78 is 12.4. The van der Waals surface area contributed by atoms with E-state index in [-0.39, 0.29) is 46.9 Å². The van der Waals surface area contributed by atoms with E-state index in [1.54, 1.807) is 32.3 Å². The molecule has 49 heavy (non-hydrogen) atoms. The number of rotatable bonds is 7. The lowest BCUT2D eigenvalue weighted by Gasteiger charge is -2.67. The minimum Gasteiger partial charge on any atom is -0.481 e. The van der Waals surface area contributed by atoms with E-state index in [1.807, 2.05) is 0 Å². The van der Waals surface area contributed by atoms with Crippen molar-refractivity contribution in [2.45, 2.75) is 124 Å². The number of aliphatic carboxylic acids is 1. The smallest absolute Gasteiger partial charge is 0.309 e. The number of hydrogen-bond acceptors (Lipinski definition) is 9. The maximum Gasteiger partial charge on any atom is 0.309 e. The number of ketones is 1. The van der Waals surface area contributed by atoms with E-state index in [0.29, 0.717) is 41.8 Å². The Labute approximate surface area is 289 Å². The third-order valence-corrected chi connectivity index (χ3v) is 14.2. The SMILES string of the molecule is CC(C)C1=C2C3CCC4C(C)(CCC5C(C)C(OC(=O)CC(C)(C)C(=O)O)CCC54C)C3CCC2(c2nnc(-c3ncccn3)o2)CC1=O. The van der Waals surface area contributed by atoms with Gasteiger partial charge in [0.25, 0.3) is 5.89 Å². The molecule has 5 aliphatic carbocycles. The molecule has 0 saturated heterocycles. The molecular weight excluding hydrogens is 620 g/mol. The highest BCUT2D eigenvalue weighted by atomic mass is 16.5. The van der Waals surface area contributed by atoms with Crippen LogP contribution in [0.15, 0.2) is 34.0 Å². The fourth-order valence-corrected chi connectivity index (χ4v) is 11.9. The number of nitrogens with zero attached hydrogens (tertiary/aromatic N) is 4. The van der Waals surface area contributed by atoms with E-state index in [0.717, 1.165) is 56.9 Å². The van der Waals surface area contributed by atoms with Crippen LogP contribution < -0.4 is 0 Å². The minimum atomic E-state index is -1.15. The number of allylic oxidation sites excluding steroid dienone is 2. The molecule has 264 valence electrons. The van der Waals surface area contributed by atoms with Gasteiger partial charge in [0, 0.05) is 18.8 Å². The van der Waals surface area contributed by atoms with E-state index in [1.165, 1.54) is 5.57 Å². The molecule has 2 aromatic heterocycles. The third kappa shape index (κ3) is 5.21. The molecule has 5 aliphatic rings. The van der Waals surface area contributed by atoms with Gasteiger partial charge in [-0.15, -0.1) is 10.2 Å². The molecule has 0 spiro atoms. The molecule has 4 fully saturated rings. The lowest BCUT2D eigenvalue weighted by Crippen LogP contribution is -2.61. The van der Waals surface area contributed by atoms with Gasteiger partial charge >= 0.3 is 11.9 Å². The lowest BCUT2D eigenvalue weighted by atomic mass is 9.38. The number of fused-ring (bicyclic) bond motifs is 7. The first-order chi connectivity index (χ1) is 23.1. The van der Waals surface area contributed by atoms with Crippen molar-refractivity contribution in [3.8, 4) is 11.7 Å². The maximum absolute atomic E-state index is 13.9. The molecule has 0 radical (unpaired) electrons. The van der Waals surface area contributed by atoms with Crippen LogP contribution in [0.1, 0.15) is 119 Å². The maximum atomic E-state index is 13.9. The molecule has 1 N–H and O–H groups in total. The van der Waals surface area contributed by atoms with Crippen LogP contribution in [-0.4, -0.2) is 49.1 Å². The molecule has 0 bridgehead atoms. The second-order valence-corrected chi connectivity index (χ2v) is 17.5. The van der Waals surface area contributed by atoms with Gasteiger partial charge in [-0.2, -0.15) is 0 Å². The summed E-state index contributed by atoms with van der Waals surface area (Å²) in [5.41, 5.74) is 0.764. The van der Waals surface area contributed by atoms with Gasteiger partial charge in [0.15, 0.2) is 5.78 Å². The molecule has 9 unspecified atom stereocenters.